The highest BCUT2D eigenvalue weighted by molar-refractivity contribution is 7.99. The first-order chi connectivity index (χ1) is 11.7. The molecule has 0 saturated carbocycles. The molecular weight excluding hydrogens is 350 g/mol. The van der Waals surface area contributed by atoms with E-state index in [2.05, 4.69) is 68.1 Å². The highest BCUT2D eigenvalue weighted by Gasteiger charge is 2.25. The van der Waals surface area contributed by atoms with Crippen LogP contribution in [0, 0.1) is 6.92 Å². The van der Waals surface area contributed by atoms with Crippen LogP contribution >= 0.6 is 24.2 Å². The molecule has 0 spiro atoms. The maximum atomic E-state index is 6.11. The van der Waals surface area contributed by atoms with Crippen LogP contribution in [-0.4, -0.2) is 30.3 Å². The zero-order valence-electron chi connectivity index (χ0n) is 15.3. The van der Waals surface area contributed by atoms with Gasteiger partial charge in [0.2, 0.25) is 0 Å². The van der Waals surface area contributed by atoms with Crippen molar-refractivity contribution in [2.75, 3.05) is 25.4 Å². The average Bonchev–Trinajstić information content (AvgIpc) is 2.76. The van der Waals surface area contributed by atoms with Crippen LogP contribution in [0.3, 0.4) is 0 Å². The molecule has 0 aromatic heterocycles. The number of fused-ring (bicyclic) bond motifs is 2. The molecule has 1 aliphatic rings. The SMILES string of the molecule is CCN(CC)CCSC1c2ccccc2COc2ccc(C)cc21.Cl. The molecule has 1 aliphatic heterocycles. The Morgan fingerprint density at radius 1 is 1.08 bits per heavy atom. The summed E-state index contributed by atoms with van der Waals surface area (Å²) in [4.78, 5) is 2.49. The molecule has 0 radical (unpaired) electrons. The van der Waals surface area contributed by atoms with Crippen molar-refractivity contribution < 1.29 is 4.74 Å². The molecular formula is C21H28ClNOS. The Kier molecular flexibility index (Phi) is 7.67. The second kappa shape index (κ2) is 9.51. The summed E-state index contributed by atoms with van der Waals surface area (Å²) in [7, 11) is 0. The van der Waals surface area contributed by atoms with E-state index in [1.54, 1.807) is 0 Å². The lowest BCUT2D eigenvalue weighted by Gasteiger charge is -2.22. The lowest BCUT2D eigenvalue weighted by Crippen LogP contribution is -2.25. The van der Waals surface area contributed by atoms with Crippen molar-refractivity contribution in [1.82, 2.24) is 4.90 Å². The summed E-state index contributed by atoms with van der Waals surface area (Å²) in [5.41, 5.74) is 5.34. The predicted molar refractivity (Wildman–Crippen MR) is 111 cm³/mol. The van der Waals surface area contributed by atoms with Gasteiger partial charge in [0.15, 0.2) is 0 Å². The fraction of sp³-hybridized carbons (Fsp3) is 0.429. The van der Waals surface area contributed by atoms with E-state index in [0.29, 0.717) is 11.9 Å². The van der Waals surface area contributed by atoms with Crippen LogP contribution in [0.2, 0.25) is 0 Å². The summed E-state index contributed by atoms with van der Waals surface area (Å²) in [5.74, 6) is 2.17. The topological polar surface area (TPSA) is 12.5 Å². The van der Waals surface area contributed by atoms with Gasteiger partial charge >= 0.3 is 0 Å². The Hall–Kier alpha value is -1.16. The van der Waals surface area contributed by atoms with Gasteiger partial charge in [0, 0.05) is 17.9 Å². The third-order valence-electron chi connectivity index (χ3n) is 4.75. The number of hydrogen-bond donors (Lipinski definition) is 0. The van der Waals surface area contributed by atoms with Crippen molar-refractivity contribution in [2.45, 2.75) is 32.6 Å². The Labute approximate surface area is 162 Å². The minimum atomic E-state index is 0. The highest BCUT2D eigenvalue weighted by Crippen LogP contribution is 2.44. The number of thioether (sulfide) groups is 1. The summed E-state index contributed by atoms with van der Waals surface area (Å²) >= 11 is 2.04. The van der Waals surface area contributed by atoms with Crippen molar-refractivity contribution in [1.29, 1.82) is 0 Å². The number of rotatable bonds is 6. The fourth-order valence-electron chi connectivity index (χ4n) is 3.27. The fourth-order valence-corrected chi connectivity index (χ4v) is 4.64. The standard InChI is InChI=1S/C21H27NOS.ClH/c1-4-22(5-2)12-13-24-21-18-9-7-6-8-17(18)15-23-20-11-10-16(3)14-19(20)21;/h6-11,14,21H,4-5,12-13,15H2,1-3H3;1H. The van der Waals surface area contributed by atoms with Gasteiger partial charge in [-0.15, -0.1) is 24.2 Å². The normalized spacial score (nSPS) is 15.6. The van der Waals surface area contributed by atoms with Gasteiger partial charge in [0.1, 0.15) is 12.4 Å². The molecule has 1 unspecified atom stereocenters. The van der Waals surface area contributed by atoms with Gasteiger partial charge in [-0.1, -0.05) is 55.8 Å². The minimum absolute atomic E-state index is 0. The summed E-state index contributed by atoms with van der Waals surface area (Å²) in [6.07, 6.45) is 0. The Balaban J connectivity index is 0.00000225. The molecule has 2 aromatic carbocycles. The van der Waals surface area contributed by atoms with Crippen molar-refractivity contribution in [3.05, 3.63) is 64.7 Å². The number of halogens is 1. The van der Waals surface area contributed by atoms with Crippen molar-refractivity contribution >= 4 is 24.2 Å². The maximum Gasteiger partial charge on any atom is 0.124 e. The van der Waals surface area contributed by atoms with E-state index in [4.69, 9.17) is 4.74 Å². The van der Waals surface area contributed by atoms with Crippen LogP contribution in [0.15, 0.2) is 42.5 Å². The van der Waals surface area contributed by atoms with Gasteiger partial charge in [-0.2, -0.15) is 0 Å². The van der Waals surface area contributed by atoms with Crippen LogP contribution in [0.5, 0.6) is 5.75 Å². The van der Waals surface area contributed by atoms with Crippen molar-refractivity contribution in [2.24, 2.45) is 0 Å². The molecule has 25 heavy (non-hydrogen) atoms. The van der Waals surface area contributed by atoms with E-state index in [-0.39, 0.29) is 12.4 Å². The van der Waals surface area contributed by atoms with Crippen LogP contribution in [0.4, 0.5) is 0 Å². The predicted octanol–water partition coefficient (Wildman–Crippen LogP) is 5.47. The quantitative estimate of drug-likeness (QED) is 0.661. The molecule has 2 aromatic rings. The summed E-state index contributed by atoms with van der Waals surface area (Å²) in [6.45, 7) is 10.7. The zero-order chi connectivity index (χ0) is 16.9. The molecule has 136 valence electrons. The Morgan fingerprint density at radius 2 is 1.84 bits per heavy atom. The number of benzene rings is 2. The van der Waals surface area contributed by atoms with Gasteiger partial charge in [0.05, 0.1) is 5.25 Å². The molecule has 0 amide bonds. The number of hydrogen-bond acceptors (Lipinski definition) is 3. The van der Waals surface area contributed by atoms with E-state index >= 15 is 0 Å². The molecule has 0 bridgehead atoms. The second-order valence-corrected chi connectivity index (χ2v) is 7.52. The molecule has 2 nitrogen and oxygen atoms in total. The molecule has 4 heteroatoms. The van der Waals surface area contributed by atoms with Crippen LogP contribution in [-0.2, 0) is 6.61 Å². The van der Waals surface area contributed by atoms with Gasteiger partial charge in [-0.25, -0.2) is 0 Å². The molecule has 0 aliphatic carbocycles. The van der Waals surface area contributed by atoms with Crippen LogP contribution < -0.4 is 4.74 Å². The van der Waals surface area contributed by atoms with E-state index in [0.717, 1.165) is 31.1 Å². The summed E-state index contributed by atoms with van der Waals surface area (Å²) in [6, 6.07) is 15.3. The number of nitrogens with zero attached hydrogens (tertiary/aromatic N) is 1. The molecule has 3 rings (SSSR count). The van der Waals surface area contributed by atoms with E-state index in [1.165, 1.54) is 22.3 Å². The first-order valence-corrected chi connectivity index (χ1v) is 9.93. The smallest absolute Gasteiger partial charge is 0.124 e. The minimum Gasteiger partial charge on any atom is -0.489 e. The maximum absolute atomic E-state index is 6.11. The third kappa shape index (κ3) is 4.72. The van der Waals surface area contributed by atoms with Gasteiger partial charge < -0.3 is 9.64 Å². The molecule has 0 N–H and O–H groups in total. The van der Waals surface area contributed by atoms with E-state index in [1.807, 2.05) is 11.8 Å². The summed E-state index contributed by atoms with van der Waals surface area (Å²) < 4.78 is 6.11. The molecule has 0 saturated heterocycles. The molecule has 1 heterocycles. The third-order valence-corrected chi connectivity index (χ3v) is 6.01. The van der Waals surface area contributed by atoms with Crippen LogP contribution in [0.1, 0.15) is 41.4 Å². The highest BCUT2D eigenvalue weighted by atomic mass is 35.5. The first-order valence-electron chi connectivity index (χ1n) is 8.88. The first kappa shape index (κ1) is 20.2. The second-order valence-electron chi connectivity index (χ2n) is 6.31. The number of aryl methyl sites for hydroxylation is 1. The largest absolute Gasteiger partial charge is 0.489 e. The van der Waals surface area contributed by atoms with E-state index in [9.17, 15) is 0 Å². The Bertz CT molecular complexity index is 687. The summed E-state index contributed by atoms with van der Waals surface area (Å²) in [5, 5.41) is 0.356. The van der Waals surface area contributed by atoms with Gasteiger partial charge in [-0.3, -0.25) is 0 Å². The van der Waals surface area contributed by atoms with Crippen molar-refractivity contribution in [3.63, 3.8) is 0 Å². The lowest BCUT2D eigenvalue weighted by molar-refractivity contribution is 0.307. The van der Waals surface area contributed by atoms with Gasteiger partial charge in [0.25, 0.3) is 0 Å². The molecule has 1 atom stereocenters. The van der Waals surface area contributed by atoms with Crippen molar-refractivity contribution in [3.8, 4) is 5.75 Å². The zero-order valence-corrected chi connectivity index (χ0v) is 17.0. The van der Waals surface area contributed by atoms with Crippen LogP contribution in [0.25, 0.3) is 0 Å². The average molecular weight is 378 g/mol. The monoisotopic (exact) mass is 377 g/mol. The Morgan fingerprint density at radius 3 is 2.60 bits per heavy atom. The van der Waals surface area contributed by atoms with E-state index < -0.39 is 0 Å². The lowest BCUT2D eigenvalue weighted by atomic mass is 9.99. The van der Waals surface area contributed by atoms with Gasteiger partial charge in [-0.05, 0) is 37.2 Å². The number of ether oxygens (including phenoxy) is 1. The molecule has 0 fully saturated rings.